The largest absolute Gasteiger partial charge is 0.508 e. The Labute approximate surface area is 150 Å². The van der Waals surface area contributed by atoms with Gasteiger partial charge < -0.3 is 15.7 Å². The second kappa shape index (κ2) is 10.9. The molecule has 0 spiro atoms. The van der Waals surface area contributed by atoms with Gasteiger partial charge in [-0.05, 0) is 48.7 Å². The molecule has 123 valence electrons. The van der Waals surface area contributed by atoms with E-state index in [1.807, 2.05) is 0 Å². The van der Waals surface area contributed by atoms with Crippen LogP contribution in [0.5, 0.6) is 5.75 Å². The molecule has 0 fully saturated rings. The summed E-state index contributed by atoms with van der Waals surface area (Å²) in [7, 11) is 3.37. The fourth-order valence-electron chi connectivity index (χ4n) is 1.17. The summed E-state index contributed by atoms with van der Waals surface area (Å²) in [5.74, 6) is 0.170. The number of benzene rings is 1. The number of phenolic OH excluding ortho intramolecular Hbond substituents is 1. The predicted octanol–water partition coefficient (Wildman–Crippen LogP) is 0.267. The Morgan fingerprint density at radius 1 is 1.05 bits per heavy atom. The summed E-state index contributed by atoms with van der Waals surface area (Å²) in [6.07, 6.45) is 1.49. The van der Waals surface area contributed by atoms with Crippen LogP contribution in [0, 0.1) is 0 Å². The standard InChI is InChI=1S/C12H16N6OS2.Cu/c1-13-11(20)17-15-7-10(16-18-12(21)14-2)8-3-5-9(19)6-4-8;/h3-7,19H,1-2H3,(H2,13,17,20)(H2,14,18,21);. The van der Waals surface area contributed by atoms with Crippen molar-refractivity contribution >= 4 is 46.6 Å². The Kier molecular flexibility index (Phi) is 10.0. The van der Waals surface area contributed by atoms with Crippen LogP contribution in [0.2, 0.25) is 0 Å². The number of hydrogen-bond donors (Lipinski definition) is 5. The van der Waals surface area contributed by atoms with Crippen molar-refractivity contribution in [3.8, 4) is 5.75 Å². The molecule has 1 aromatic carbocycles. The maximum Gasteiger partial charge on any atom is 0.186 e. The summed E-state index contributed by atoms with van der Waals surface area (Å²) in [6, 6.07) is 6.53. The monoisotopic (exact) mass is 387 g/mol. The van der Waals surface area contributed by atoms with Gasteiger partial charge >= 0.3 is 0 Å². The number of thiocarbonyl (C=S) groups is 2. The Morgan fingerprint density at radius 3 is 2.14 bits per heavy atom. The van der Waals surface area contributed by atoms with E-state index in [2.05, 4.69) is 31.7 Å². The number of phenols is 1. The van der Waals surface area contributed by atoms with E-state index in [-0.39, 0.29) is 22.8 Å². The number of nitrogens with zero attached hydrogens (tertiary/aromatic N) is 2. The number of hydrazone groups is 2. The van der Waals surface area contributed by atoms with Crippen molar-refractivity contribution in [2.45, 2.75) is 0 Å². The van der Waals surface area contributed by atoms with Crippen molar-refractivity contribution < 1.29 is 22.2 Å². The fourth-order valence-corrected chi connectivity index (χ4v) is 1.27. The van der Waals surface area contributed by atoms with Gasteiger partial charge in [0, 0.05) is 36.7 Å². The van der Waals surface area contributed by atoms with Gasteiger partial charge in [0.25, 0.3) is 0 Å². The first-order valence-electron chi connectivity index (χ1n) is 5.92. The molecule has 22 heavy (non-hydrogen) atoms. The maximum absolute atomic E-state index is 9.32. The average Bonchev–Trinajstić information content (AvgIpc) is 2.50. The molecular weight excluding hydrogens is 372 g/mol. The SMILES string of the molecule is CNC(=S)NN=CC(=NNC(=S)NC)c1ccc(O)cc1.[Cu]. The number of hydrogen-bond acceptors (Lipinski definition) is 5. The molecule has 0 aliphatic carbocycles. The number of rotatable bonds is 4. The molecular formula is C12H16CuN6OS2. The van der Waals surface area contributed by atoms with Gasteiger partial charge in [0.05, 0.1) is 6.21 Å². The van der Waals surface area contributed by atoms with Crippen molar-refractivity contribution in [3.05, 3.63) is 29.8 Å². The molecule has 7 nitrogen and oxygen atoms in total. The Morgan fingerprint density at radius 2 is 1.59 bits per heavy atom. The smallest absolute Gasteiger partial charge is 0.186 e. The van der Waals surface area contributed by atoms with Crippen molar-refractivity contribution in [1.29, 1.82) is 0 Å². The van der Waals surface area contributed by atoms with Crippen LogP contribution in [0.4, 0.5) is 0 Å². The first kappa shape index (κ1) is 20.3. The molecule has 0 aromatic heterocycles. The molecule has 0 unspecified atom stereocenters. The molecule has 0 amide bonds. The Balaban J connectivity index is 0.00000441. The fraction of sp³-hybridized carbons (Fsp3) is 0.167. The summed E-state index contributed by atoms with van der Waals surface area (Å²) in [4.78, 5) is 0. The quantitative estimate of drug-likeness (QED) is 0.219. The van der Waals surface area contributed by atoms with E-state index in [0.717, 1.165) is 5.56 Å². The van der Waals surface area contributed by atoms with E-state index in [0.29, 0.717) is 15.9 Å². The maximum atomic E-state index is 9.32. The molecule has 0 aliphatic heterocycles. The molecule has 0 bridgehead atoms. The van der Waals surface area contributed by atoms with Crippen LogP contribution in [0.3, 0.4) is 0 Å². The van der Waals surface area contributed by atoms with Gasteiger partial charge in [-0.3, -0.25) is 10.9 Å². The Bertz CT molecular complexity index is 561. The molecule has 0 saturated carbocycles. The minimum atomic E-state index is 0. The Hall–Kier alpha value is -1.74. The molecule has 5 N–H and O–H groups in total. The summed E-state index contributed by atoms with van der Waals surface area (Å²) < 4.78 is 0. The van der Waals surface area contributed by atoms with Crippen molar-refractivity contribution in [3.63, 3.8) is 0 Å². The van der Waals surface area contributed by atoms with E-state index >= 15 is 0 Å². The second-order valence-electron chi connectivity index (χ2n) is 3.68. The first-order chi connectivity index (χ1) is 10.1. The van der Waals surface area contributed by atoms with Crippen molar-refractivity contribution in [2.24, 2.45) is 10.2 Å². The zero-order valence-electron chi connectivity index (χ0n) is 11.8. The van der Waals surface area contributed by atoms with Crippen LogP contribution in [0.15, 0.2) is 34.5 Å². The number of nitrogens with one attached hydrogen (secondary N) is 4. The summed E-state index contributed by atoms with van der Waals surface area (Å²) in [5, 5.41) is 23.7. The third-order valence-electron chi connectivity index (χ3n) is 2.25. The molecule has 0 aliphatic rings. The van der Waals surface area contributed by atoms with E-state index in [1.54, 1.807) is 38.4 Å². The molecule has 0 saturated heterocycles. The van der Waals surface area contributed by atoms with Gasteiger partial charge in [-0.25, -0.2) is 0 Å². The zero-order chi connectivity index (χ0) is 15.7. The van der Waals surface area contributed by atoms with Crippen LogP contribution in [0.1, 0.15) is 5.56 Å². The van der Waals surface area contributed by atoms with Crippen molar-refractivity contribution in [2.75, 3.05) is 14.1 Å². The van der Waals surface area contributed by atoms with Gasteiger partial charge in [0.2, 0.25) is 0 Å². The third-order valence-corrected chi connectivity index (χ3v) is 2.84. The van der Waals surface area contributed by atoms with Crippen LogP contribution >= 0.6 is 24.4 Å². The minimum absolute atomic E-state index is 0. The second-order valence-corrected chi connectivity index (χ2v) is 4.50. The molecule has 1 rings (SSSR count). The van der Waals surface area contributed by atoms with Gasteiger partial charge in [-0.1, -0.05) is 0 Å². The summed E-state index contributed by atoms with van der Waals surface area (Å²) >= 11 is 9.87. The summed E-state index contributed by atoms with van der Waals surface area (Å²) in [5.41, 5.74) is 6.57. The summed E-state index contributed by atoms with van der Waals surface area (Å²) in [6.45, 7) is 0. The van der Waals surface area contributed by atoms with E-state index in [9.17, 15) is 5.11 Å². The van der Waals surface area contributed by atoms with Gasteiger partial charge in [-0.15, -0.1) is 0 Å². The third kappa shape index (κ3) is 7.32. The van der Waals surface area contributed by atoms with Crippen LogP contribution in [-0.4, -0.2) is 41.4 Å². The molecule has 10 heteroatoms. The first-order valence-corrected chi connectivity index (χ1v) is 6.74. The zero-order valence-corrected chi connectivity index (χ0v) is 14.4. The number of aromatic hydroxyl groups is 1. The van der Waals surface area contributed by atoms with Gasteiger partial charge in [0.15, 0.2) is 10.2 Å². The minimum Gasteiger partial charge on any atom is -0.508 e. The van der Waals surface area contributed by atoms with Gasteiger partial charge in [-0.2, -0.15) is 10.2 Å². The van der Waals surface area contributed by atoms with Gasteiger partial charge in [0.1, 0.15) is 11.5 Å². The normalized spacial score (nSPS) is 10.5. The molecule has 1 aromatic rings. The van der Waals surface area contributed by atoms with E-state index in [1.165, 1.54) is 6.21 Å². The predicted molar refractivity (Wildman–Crippen MR) is 92.7 cm³/mol. The van der Waals surface area contributed by atoms with E-state index in [4.69, 9.17) is 24.4 Å². The molecule has 0 atom stereocenters. The molecule has 0 heterocycles. The van der Waals surface area contributed by atoms with Crippen LogP contribution in [0.25, 0.3) is 0 Å². The molecule has 1 radical (unpaired) electrons. The van der Waals surface area contributed by atoms with Crippen molar-refractivity contribution in [1.82, 2.24) is 21.5 Å². The van der Waals surface area contributed by atoms with E-state index < -0.39 is 0 Å². The van der Waals surface area contributed by atoms with Crippen LogP contribution in [-0.2, 0) is 17.1 Å². The topological polar surface area (TPSA) is 93.1 Å². The average molecular weight is 388 g/mol. The van der Waals surface area contributed by atoms with Crippen LogP contribution < -0.4 is 21.5 Å².